The van der Waals surface area contributed by atoms with Crippen molar-refractivity contribution in [2.75, 3.05) is 13.2 Å². The van der Waals surface area contributed by atoms with E-state index in [0.29, 0.717) is 18.6 Å². The molecule has 0 aromatic rings. The number of rotatable bonds is 6. The van der Waals surface area contributed by atoms with E-state index in [2.05, 4.69) is 24.5 Å². The van der Waals surface area contributed by atoms with Gasteiger partial charge in [-0.3, -0.25) is 4.79 Å². The molecule has 1 atom stereocenters. The van der Waals surface area contributed by atoms with Crippen LogP contribution >= 0.6 is 0 Å². The third-order valence-electron chi connectivity index (χ3n) is 4.28. The predicted molar refractivity (Wildman–Crippen MR) is 71.5 cm³/mol. The monoisotopic (exact) mass is 254 g/mol. The molecule has 0 radical (unpaired) electrons. The molecule has 104 valence electrons. The fourth-order valence-corrected chi connectivity index (χ4v) is 2.69. The Kier molecular flexibility index (Phi) is 4.62. The van der Waals surface area contributed by atoms with E-state index < -0.39 is 0 Å². The van der Waals surface area contributed by atoms with E-state index in [-0.39, 0.29) is 11.5 Å². The average molecular weight is 254 g/mol. The van der Waals surface area contributed by atoms with E-state index in [9.17, 15) is 4.79 Å². The Labute approximate surface area is 110 Å². The SMILES string of the molecule is CCC1(CC)CC(NCC(=O)NC2CC2)CCO1. The first-order valence-electron chi connectivity index (χ1n) is 7.34. The van der Waals surface area contributed by atoms with Crippen LogP contribution in [0.1, 0.15) is 52.4 Å². The van der Waals surface area contributed by atoms with Crippen molar-refractivity contribution in [2.45, 2.75) is 70.1 Å². The standard InChI is InChI=1S/C14H26N2O2/c1-3-14(4-2)9-12(7-8-18-14)15-10-13(17)16-11-5-6-11/h11-12,15H,3-10H2,1-2H3,(H,16,17). The lowest BCUT2D eigenvalue weighted by atomic mass is 9.86. The van der Waals surface area contributed by atoms with Gasteiger partial charge in [0.15, 0.2) is 0 Å². The molecule has 2 rings (SSSR count). The van der Waals surface area contributed by atoms with Gasteiger partial charge in [0, 0.05) is 18.7 Å². The number of hydrogen-bond donors (Lipinski definition) is 2. The summed E-state index contributed by atoms with van der Waals surface area (Å²) in [5, 5.41) is 6.40. The van der Waals surface area contributed by atoms with Crippen LogP contribution in [0.5, 0.6) is 0 Å². The fraction of sp³-hybridized carbons (Fsp3) is 0.929. The highest BCUT2D eigenvalue weighted by molar-refractivity contribution is 5.78. The van der Waals surface area contributed by atoms with Crippen LogP contribution in [0, 0.1) is 0 Å². The molecule has 4 nitrogen and oxygen atoms in total. The van der Waals surface area contributed by atoms with Gasteiger partial charge in [-0.2, -0.15) is 0 Å². The van der Waals surface area contributed by atoms with E-state index in [0.717, 1.165) is 45.1 Å². The zero-order chi connectivity index (χ0) is 13.0. The molecule has 2 aliphatic rings. The Balaban J connectivity index is 1.73. The van der Waals surface area contributed by atoms with Crippen LogP contribution in [-0.2, 0) is 9.53 Å². The molecule has 2 fully saturated rings. The van der Waals surface area contributed by atoms with Crippen LogP contribution in [0.25, 0.3) is 0 Å². The van der Waals surface area contributed by atoms with E-state index in [1.165, 1.54) is 0 Å². The van der Waals surface area contributed by atoms with Gasteiger partial charge in [0.25, 0.3) is 0 Å². The number of carbonyl (C=O) groups excluding carboxylic acids is 1. The second-order valence-corrected chi connectivity index (χ2v) is 5.65. The smallest absolute Gasteiger partial charge is 0.234 e. The molecule has 1 aliphatic carbocycles. The third-order valence-corrected chi connectivity index (χ3v) is 4.28. The van der Waals surface area contributed by atoms with Gasteiger partial charge in [0.1, 0.15) is 0 Å². The highest BCUT2D eigenvalue weighted by Crippen LogP contribution is 2.31. The highest BCUT2D eigenvalue weighted by Gasteiger charge is 2.34. The van der Waals surface area contributed by atoms with Crippen molar-refractivity contribution in [1.29, 1.82) is 0 Å². The lowest BCUT2D eigenvalue weighted by molar-refractivity contribution is -0.121. The largest absolute Gasteiger partial charge is 0.375 e. The summed E-state index contributed by atoms with van der Waals surface area (Å²) in [5.74, 6) is 0.141. The van der Waals surface area contributed by atoms with Gasteiger partial charge in [0.05, 0.1) is 12.1 Å². The summed E-state index contributed by atoms with van der Waals surface area (Å²) in [6.45, 7) is 5.63. The van der Waals surface area contributed by atoms with Gasteiger partial charge in [0.2, 0.25) is 5.91 Å². The van der Waals surface area contributed by atoms with Crippen molar-refractivity contribution in [3.63, 3.8) is 0 Å². The second-order valence-electron chi connectivity index (χ2n) is 5.65. The van der Waals surface area contributed by atoms with Crippen LogP contribution in [0.3, 0.4) is 0 Å². The summed E-state index contributed by atoms with van der Waals surface area (Å²) in [6.07, 6.45) is 6.44. The number of hydrogen-bond acceptors (Lipinski definition) is 3. The van der Waals surface area contributed by atoms with Gasteiger partial charge in [-0.1, -0.05) is 13.8 Å². The number of nitrogens with one attached hydrogen (secondary N) is 2. The maximum absolute atomic E-state index is 11.6. The van der Waals surface area contributed by atoms with Crippen LogP contribution in [0.2, 0.25) is 0 Å². The molecule has 4 heteroatoms. The highest BCUT2D eigenvalue weighted by atomic mass is 16.5. The van der Waals surface area contributed by atoms with Gasteiger partial charge >= 0.3 is 0 Å². The van der Waals surface area contributed by atoms with Crippen molar-refractivity contribution in [1.82, 2.24) is 10.6 Å². The predicted octanol–water partition coefficient (Wildman–Crippen LogP) is 1.59. The minimum absolute atomic E-state index is 0.0306. The van der Waals surface area contributed by atoms with E-state index in [1.807, 2.05) is 0 Å². The molecular weight excluding hydrogens is 228 g/mol. The summed E-state index contributed by atoms with van der Waals surface area (Å²) in [6, 6.07) is 0.878. The van der Waals surface area contributed by atoms with Crippen molar-refractivity contribution < 1.29 is 9.53 Å². The van der Waals surface area contributed by atoms with Crippen LogP contribution in [0.4, 0.5) is 0 Å². The normalized spacial score (nSPS) is 26.9. The van der Waals surface area contributed by atoms with Crippen LogP contribution in [-0.4, -0.2) is 36.7 Å². The molecule has 0 aromatic heterocycles. The zero-order valence-corrected chi connectivity index (χ0v) is 11.6. The summed E-state index contributed by atoms with van der Waals surface area (Å²) in [4.78, 5) is 11.6. The topological polar surface area (TPSA) is 50.4 Å². The van der Waals surface area contributed by atoms with Crippen molar-refractivity contribution in [3.8, 4) is 0 Å². The molecule has 1 heterocycles. The van der Waals surface area contributed by atoms with Crippen molar-refractivity contribution in [2.24, 2.45) is 0 Å². The quantitative estimate of drug-likeness (QED) is 0.757. The molecule has 18 heavy (non-hydrogen) atoms. The lowest BCUT2D eigenvalue weighted by Gasteiger charge is -2.40. The summed E-state index contributed by atoms with van der Waals surface area (Å²) in [7, 11) is 0. The molecule has 1 saturated carbocycles. The zero-order valence-electron chi connectivity index (χ0n) is 11.6. The van der Waals surface area contributed by atoms with Crippen molar-refractivity contribution >= 4 is 5.91 Å². The Hall–Kier alpha value is -0.610. The molecule has 0 aromatic carbocycles. The molecular formula is C14H26N2O2. The lowest BCUT2D eigenvalue weighted by Crippen LogP contribution is -2.48. The molecule has 1 amide bonds. The first kappa shape index (κ1) is 13.8. The average Bonchev–Trinajstić information content (AvgIpc) is 3.20. The van der Waals surface area contributed by atoms with E-state index in [4.69, 9.17) is 4.74 Å². The Morgan fingerprint density at radius 3 is 2.56 bits per heavy atom. The molecule has 1 unspecified atom stereocenters. The first-order chi connectivity index (χ1) is 8.67. The van der Waals surface area contributed by atoms with Crippen LogP contribution in [0.15, 0.2) is 0 Å². The Morgan fingerprint density at radius 2 is 1.94 bits per heavy atom. The van der Waals surface area contributed by atoms with Gasteiger partial charge in [-0.05, 0) is 38.5 Å². The van der Waals surface area contributed by atoms with Gasteiger partial charge in [-0.15, -0.1) is 0 Å². The number of amides is 1. The Morgan fingerprint density at radius 1 is 1.22 bits per heavy atom. The van der Waals surface area contributed by atoms with E-state index >= 15 is 0 Å². The minimum atomic E-state index is 0.0306. The molecule has 1 aliphatic heterocycles. The maximum atomic E-state index is 11.6. The molecule has 0 spiro atoms. The minimum Gasteiger partial charge on any atom is -0.375 e. The van der Waals surface area contributed by atoms with E-state index in [1.54, 1.807) is 0 Å². The molecule has 2 N–H and O–H groups in total. The van der Waals surface area contributed by atoms with Gasteiger partial charge in [-0.25, -0.2) is 0 Å². The summed E-state index contributed by atoms with van der Waals surface area (Å²) in [5.41, 5.74) is 0.0306. The summed E-state index contributed by atoms with van der Waals surface area (Å²) < 4.78 is 5.93. The number of carbonyl (C=O) groups is 1. The second kappa shape index (κ2) is 6.02. The third kappa shape index (κ3) is 3.69. The molecule has 0 bridgehead atoms. The van der Waals surface area contributed by atoms with Crippen molar-refractivity contribution in [3.05, 3.63) is 0 Å². The Bertz CT molecular complexity index is 286. The fourth-order valence-electron chi connectivity index (χ4n) is 2.69. The maximum Gasteiger partial charge on any atom is 0.234 e. The van der Waals surface area contributed by atoms with Gasteiger partial charge < -0.3 is 15.4 Å². The summed E-state index contributed by atoms with van der Waals surface area (Å²) >= 11 is 0. The molecule has 1 saturated heterocycles. The van der Waals surface area contributed by atoms with Crippen LogP contribution < -0.4 is 10.6 Å². The number of ether oxygens (including phenoxy) is 1. The first-order valence-corrected chi connectivity index (χ1v) is 7.34.